The molecule has 10 heavy (non-hydrogen) atoms. The summed E-state index contributed by atoms with van der Waals surface area (Å²) >= 11 is 0. The highest BCUT2D eigenvalue weighted by atomic mass is 16.5. The van der Waals surface area contributed by atoms with Crippen LogP contribution in [0.5, 0.6) is 0 Å². The van der Waals surface area contributed by atoms with E-state index in [1.807, 2.05) is 0 Å². The van der Waals surface area contributed by atoms with Crippen LogP contribution in [0.3, 0.4) is 0 Å². The first-order valence-electron chi connectivity index (χ1n) is 4.29. The minimum Gasteiger partial charge on any atom is -0.375 e. The molecular formula is C8H13NO. The normalized spacial score (nSPS) is 57.6. The summed E-state index contributed by atoms with van der Waals surface area (Å²) in [7, 11) is 0. The van der Waals surface area contributed by atoms with Crippen LogP contribution in [0.25, 0.3) is 0 Å². The zero-order valence-corrected chi connectivity index (χ0v) is 6.12. The van der Waals surface area contributed by atoms with Gasteiger partial charge in [0.15, 0.2) is 0 Å². The molecular weight excluding hydrogens is 126 g/mol. The van der Waals surface area contributed by atoms with Gasteiger partial charge in [-0.05, 0) is 25.3 Å². The summed E-state index contributed by atoms with van der Waals surface area (Å²) in [6.07, 6.45) is 3.42. The molecule has 5 fully saturated rings. The maximum atomic E-state index is 5.67. The van der Waals surface area contributed by atoms with Crippen molar-refractivity contribution in [3.63, 3.8) is 0 Å². The van der Waals surface area contributed by atoms with Gasteiger partial charge in [0, 0.05) is 12.6 Å². The number of fused-ring (bicyclic) bond motifs is 2. The van der Waals surface area contributed by atoms with Crippen molar-refractivity contribution < 1.29 is 4.74 Å². The van der Waals surface area contributed by atoms with Gasteiger partial charge in [0.05, 0.1) is 12.7 Å². The lowest BCUT2D eigenvalue weighted by atomic mass is 9.79. The van der Waals surface area contributed by atoms with Gasteiger partial charge in [-0.2, -0.15) is 0 Å². The van der Waals surface area contributed by atoms with E-state index in [9.17, 15) is 0 Å². The van der Waals surface area contributed by atoms with Crippen molar-refractivity contribution in [2.75, 3.05) is 19.7 Å². The summed E-state index contributed by atoms with van der Waals surface area (Å²) in [6.45, 7) is 3.59. The standard InChI is InChI=1S/C8H13NO/c1-2-9-4-8-6(1)3-7(9)5-10-8/h6-8H,1-5H2. The molecule has 5 aliphatic rings. The van der Waals surface area contributed by atoms with Gasteiger partial charge < -0.3 is 4.74 Å². The van der Waals surface area contributed by atoms with Gasteiger partial charge in [-0.25, -0.2) is 0 Å². The fourth-order valence-electron chi connectivity index (χ4n) is 2.69. The Hall–Kier alpha value is -0.0800. The molecule has 0 amide bonds. The molecule has 5 saturated heterocycles. The van der Waals surface area contributed by atoms with Gasteiger partial charge in [-0.15, -0.1) is 0 Å². The Morgan fingerprint density at radius 1 is 1.40 bits per heavy atom. The Morgan fingerprint density at radius 2 is 2.40 bits per heavy atom. The van der Waals surface area contributed by atoms with Crippen LogP contribution >= 0.6 is 0 Å². The highest BCUT2D eigenvalue weighted by molar-refractivity contribution is 4.97. The monoisotopic (exact) mass is 139 g/mol. The Bertz CT molecular complexity index is 125. The first-order chi connectivity index (χ1) is 4.93. The number of ether oxygens (including phenoxy) is 1. The lowest BCUT2D eigenvalue weighted by Gasteiger charge is -2.54. The molecule has 5 aliphatic heterocycles. The number of piperidine rings is 3. The first kappa shape index (κ1) is 5.56. The molecule has 2 nitrogen and oxygen atoms in total. The third-order valence-corrected chi connectivity index (χ3v) is 3.32. The predicted molar refractivity (Wildman–Crippen MR) is 37.8 cm³/mol. The Kier molecular flexibility index (Phi) is 0.968. The van der Waals surface area contributed by atoms with Crippen molar-refractivity contribution in [2.45, 2.75) is 25.0 Å². The molecule has 0 saturated carbocycles. The lowest BCUT2D eigenvalue weighted by molar-refractivity contribution is -0.168. The van der Waals surface area contributed by atoms with Crippen molar-refractivity contribution in [1.29, 1.82) is 0 Å². The zero-order chi connectivity index (χ0) is 6.55. The van der Waals surface area contributed by atoms with E-state index in [0.717, 1.165) is 18.6 Å². The van der Waals surface area contributed by atoms with Gasteiger partial charge in [-0.3, -0.25) is 4.90 Å². The molecule has 4 atom stereocenters. The predicted octanol–water partition coefficient (Wildman–Crippen LogP) is 0.479. The summed E-state index contributed by atoms with van der Waals surface area (Å²) in [5.74, 6) is 0.920. The Labute approximate surface area is 61.1 Å². The van der Waals surface area contributed by atoms with E-state index in [4.69, 9.17) is 4.74 Å². The van der Waals surface area contributed by atoms with E-state index < -0.39 is 0 Å². The second-order valence-electron chi connectivity index (χ2n) is 3.81. The summed E-state index contributed by atoms with van der Waals surface area (Å²) in [6, 6.07) is 0.795. The molecule has 4 bridgehead atoms. The number of nitrogens with zero attached hydrogens (tertiary/aromatic N) is 1. The lowest BCUT2D eigenvalue weighted by Crippen LogP contribution is -2.62. The van der Waals surface area contributed by atoms with Crippen LogP contribution in [0.1, 0.15) is 12.8 Å². The number of morpholine rings is 1. The van der Waals surface area contributed by atoms with E-state index in [1.54, 1.807) is 0 Å². The summed E-state index contributed by atoms with van der Waals surface area (Å²) in [4.78, 5) is 2.61. The van der Waals surface area contributed by atoms with Crippen molar-refractivity contribution in [3.05, 3.63) is 0 Å². The number of rotatable bonds is 0. The largest absolute Gasteiger partial charge is 0.375 e. The smallest absolute Gasteiger partial charge is 0.0732 e. The summed E-state index contributed by atoms with van der Waals surface area (Å²) < 4.78 is 5.67. The van der Waals surface area contributed by atoms with Crippen molar-refractivity contribution in [1.82, 2.24) is 4.90 Å². The molecule has 2 heteroatoms. The third-order valence-electron chi connectivity index (χ3n) is 3.32. The molecule has 0 aromatic rings. The summed E-state index contributed by atoms with van der Waals surface area (Å²) in [5.41, 5.74) is 0. The van der Waals surface area contributed by atoms with E-state index in [2.05, 4.69) is 4.90 Å². The average Bonchev–Trinajstić information content (AvgIpc) is 2.05. The van der Waals surface area contributed by atoms with E-state index >= 15 is 0 Å². The quantitative estimate of drug-likeness (QED) is 0.484. The van der Waals surface area contributed by atoms with Gasteiger partial charge >= 0.3 is 0 Å². The minimum absolute atomic E-state index is 0.610. The van der Waals surface area contributed by atoms with Crippen LogP contribution in [0, 0.1) is 5.92 Å². The molecule has 0 N–H and O–H groups in total. The average molecular weight is 139 g/mol. The van der Waals surface area contributed by atoms with Crippen molar-refractivity contribution >= 4 is 0 Å². The molecule has 0 aromatic carbocycles. The van der Waals surface area contributed by atoms with Crippen molar-refractivity contribution in [2.24, 2.45) is 5.92 Å². The van der Waals surface area contributed by atoms with Gasteiger partial charge in [0.2, 0.25) is 0 Å². The van der Waals surface area contributed by atoms with Gasteiger partial charge in [0.1, 0.15) is 0 Å². The second-order valence-corrected chi connectivity index (χ2v) is 3.81. The maximum Gasteiger partial charge on any atom is 0.0732 e. The molecule has 5 rings (SSSR count). The number of hydrogen-bond donors (Lipinski definition) is 0. The summed E-state index contributed by atoms with van der Waals surface area (Å²) in [5, 5.41) is 0. The molecule has 0 aliphatic carbocycles. The molecule has 56 valence electrons. The van der Waals surface area contributed by atoms with Crippen LogP contribution in [-0.2, 0) is 4.74 Å². The highest BCUT2D eigenvalue weighted by Gasteiger charge is 2.44. The Balaban J connectivity index is 1.94. The van der Waals surface area contributed by atoms with E-state index in [1.165, 1.54) is 25.9 Å². The highest BCUT2D eigenvalue weighted by Crippen LogP contribution is 2.37. The number of hydrogen-bond acceptors (Lipinski definition) is 2. The Morgan fingerprint density at radius 3 is 2.90 bits per heavy atom. The minimum atomic E-state index is 0.610. The van der Waals surface area contributed by atoms with E-state index in [0.29, 0.717) is 6.10 Å². The van der Waals surface area contributed by atoms with Gasteiger partial charge in [0.25, 0.3) is 0 Å². The fourth-order valence-corrected chi connectivity index (χ4v) is 2.69. The van der Waals surface area contributed by atoms with Crippen LogP contribution in [0.4, 0.5) is 0 Å². The van der Waals surface area contributed by atoms with Crippen molar-refractivity contribution in [3.8, 4) is 0 Å². The zero-order valence-electron chi connectivity index (χ0n) is 6.12. The third kappa shape index (κ3) is 0.565. The van der Waals surface area contributed by atoms with Gasteiger partial charge in [-0.1, -0.05) is 0 Å². The molecule has 0 aromatic heterocycles. The molecule has 0 radical (unpaired) electrons. The SMILES string of the molecule is C1CN2CC3OCC2CC13. The fraction of sp³-hybridized carbons (Fsp3) is 1.00. The topological polar surface area (TPSA) is 12.5 Å². The van der Waals surface area contributed by atoms with Crippen LogP contribution < -0.4 is 0 Å². The molecule has 0 spiro atoms. The second kappa shape index (κ2) is 1.74. The first-order valence-corrected chi connectivity index (χ1v) is 4.29. The molecule has 4 unspecified atom stereocenters. The van der Waals surface area contributed by atoms with E-state index in [-0.39, 0.29) is 0 Å². The van der Waals surface area contributed by atoms with Crippen LogP contribution in [-0.4, -0.2) is 36.7 Å². The van der Waals surface area contributed by atoms with Crippen LogP contribution in [0.2, 0.25) is 0 Å². The molecule has 5 heterocycles. The maximum absolute atomic E-state index is 5.67. The van der Waals surface area contributed by atoms with Crippen LogP contribution in [0.15, 0.2) is 0 Å².